The zero-order valence-electron chi connectivity index (χ0n) is 6.57. The molecule has 2 nitrogen and oxygen atoms in total. The molecule has 66 valence electrons. The molecule has 1 fully saturated rings. The van der Waals surface area contributed by atoms with Crippen LogP contribution in [0.15, 0.2) is 0 Å². The summed E-state index contributed by atoms with van der Waals surface area (Å²) in [7, 11) is 2.64. The highest BCUT2D eigenvalue weighted by atomic mass is 32.7. The van der Waals surface area contributed by atoms with E-state index < -0.39 is 0 Å². The predicted molar refractivity (Wildman–Crippen MR) is 53.5 cm³/mol. The molecule has 1 aliphatic rings. The summed E-state index contributed by atoms with van der Waals surface area (Å²) in [6, 6.07) is 0. The van der Waals surface area contributed by atoms with Crippen molar-refractivity contribution in [2.45, 2.75) is 30.6 Å². The van der Waals surface area contributed by atoms with Gasteiger partial charge in [0.05, 0.1) is 6.10 Å². The van der Waals surface area contributed by atoms with Crippen LogP contribution in [0.1, 0.15) is 19.3 Å². The summed E-state index contributed by atoms with van der Waals surface area (Å²) in [4.78, 5) is 0. The molecule has 0 amide bonds. The average molecular weight is 193 g/mol. The molecule has 4 atom stereocenters. The van der Waals surface area contributed by atoms with E-state index >= 15 is 0 Å². The second-order valence-electron chi connectivity index (χ2n) is 3.08. The van der Waals surface area contributed by atoms with Crippen LogP contribution in [0.2, 0.25) is 0 Å². The Morgan fingerprint density at radius 1 is 1.55 bits per heavy atom. The molecule has 0 saturated heterocycles. The maximum atomic E-state index is 9.51. The summed E-state index contributed by atoms with van der Waals surface area (Å²) < 4.78 is 0. The van der Waals surface area contributed by atoms with Crippen molar-refractivity contribution < 1.29 is 5.11 Å². The maximum absolute atomic E-state index is 9.51. The molecule has 0 bridgehead atoms. The summed E-state index contributed by atoms with van der Waals surface area (Å²) in [6.45, 7) is 0.749. The third-order valence-corrected chi connectivity index (χ3v) is 4.33. The number of nitrogens with two attached hydrogens (primary N) is 1. The Bertz CT molecular complexity index is 123. The van der Waals surface area contributed by atoms with Crippen LogP contribution in [0.5, 0.6) is 0 Å². The Labute approximate surface area is 74.3 Å². The Kier molecular flexibility index (Phi) is 4.14. The van der Waals surface area contributed by atoms with Gasteiger partial charge < -0.3 is 10.8 Å². The zero-order valence-corrected chi connectivity index (χ0v) is 8.54. The van der Waals surface area contributed by atoms with E-state index in [2.05, 4.69) is 8.44 Å². The number of aliphatic hydroxyl groups excluding tert-OH is 1. The molecular weight excluding hydrogens is 177 g/mol. The van der Waals surface area contributed by atoms with Gasteiger partial charge in [0.2, 0.25) is 0 Å². The van der Waals surface area contributed by atoms with Crippen LogP contribution >= 0.6 is 19.8 Å². The third kappa shape index (κ3) is 2.32. The Morgan fingerprint density at radius 3 is 2.82 bits per heavy atom. The van der Waals surface area contributed by atoms with Crippen molar-refractivity contribution in [2.75, 3.05) is 6.54 Å². The number of hydrogen-bond donors (Lipinski definition) is 2. The lowest BCUT2D eigenvalue weighted by atomic mass is 10.0. The normalized spacial score (nSPS) is 37.9. The first kappa shape index (κ1) is 9.79. The van der Waals surface area contributed by atoms with Gasteiger partial charge in [-0.3, -0.25) is 0 Å². The van der Waals surface area contributed by atoms with Crippen LogP contribution in [0.25, 0.3) is 0 Å². The molecule has 0 spiro atoms. The lowest BCUT2D eigenvalue weighted by Gasteiger charge is -2.18. The lowest BCUT2D eigenvalue weighted by Crippen LogP contribution is -2.22. The summed E-state index contributed by atoms with van der Waals surface area (Å²) in [5.41, 5.74) is 5.47. The van der Waals surface area contributed by atoms with E-state index in [1.165, 1.54) is 0 Å². The van der Waals surface area contributed by atoms with E-state index in [1.54, 1.807) is 11.4 Å². The molecular formula is C7H16NOPS. The van der Waals surface area contributed by atoms with E-state index in [1.807, 2.05) is 0 Å². The Morgan fingerprint density at radius 2 is 2.27 bits per heavy atom. The average Bonchev–Trinajstić information content (AvgIpc) is 2.33. The minimum Gasteiger partial charge on any atom is -0.392 e. The highest BCUT2D eigenvalue weighted by Gasteiger charge is 2.33. The quantitative estimate of drug-likeness (QED) is 0.657. The Balaban J connectivity index is 2.40. The first-order valence-corrected chi connectivity index (χ1v) is 6.39. The molecule has 4 heteroatoms. The van der Waals surface area contributed by atoms with Crippen molar-refractivity contribution in [3.63, 3.8) is 0 Å². The highest BCUT2D eigenvalue weighted by Crippen LogP contribution is 2.39. The fourth-order valence-electron chi connectivity index (χ4n) is 1.75. The van der Waals surface area contributed by atoms with Gasteiger partial charge in [-0.15, -0.1) is 11.4 Å². The van der Waals surface area contributed by atoms with Crippen LogP contribution < -0.4 is 5.73 Å². The van der Waals surface area contributed by atoms with Crippen LogP contribution in [-0.4, -0.2) is 23.0 Å². The summed E-state index contributed by atoms with van der Waals surface area (Å²) in [5, 5.41) is 9.92. The van der Waals surface area contributed by atoms with Gasteiger partial charge in [0.15, 0.2) is 0 Å². The van der Waals surface area contributed by atoms with Crippen LogP contribution in [0, 0.1) is 5.92 Å². The van der Waals surface area contributed by atoms with Gasteiger partial charge in [-0.2, -0.15) is 0 Å². The molecule has 0 radical (unpaired) electrons. The van der Waals surface area contributed by atoms with Crippen molar-refractivity contribution in [2.24, 2.45) is 11.7 Å². The minimum atomic E-state index is -0.103. The van der Waals surface area contributed by atoms with Gasteiger partial charge in [-0.1, -0.05) is 8.44 Å². The van der Waals surface area contributed by atoms with E-state index in [9.17, 15) is 5.11 Å². The summed E-state index contributed by atoms with van der Waals surface area (Å²) in [5.74, 6) is 0.637. The molecule has 0 aromatic heterocycles. The second kappa shape index (κ2) is 4.66. The van der Waals surface area contributed by atoms with Crippen LogP contribution in [0.4, 0.5) is 0 Å². The van der Waals surface area contributed by atoms with Gasteiger partial charge >= 0.3 is 0 Å². The fraction of sp³-hybridized carbons (Fsp3) is 1.00. The second-order valence-corrected chi connectivity index (χ2v) is 4.72. The predicted octanol–water partition coefficient (Wildman–Crippen LogP) is 0.998. The van der Waals surface area contributed by atoms with E-state index in [4.69, 9.17) is 5.73 Å². The van der Waals surface area contributed by atoms with Crippen molar-refractivity contribution in [3.05, 3.63) is 0 Å². The van der Waals surface area contributed by atoms with Crippen molar-refractivity contribution >= 4 is 19.8 Å². The molecule has 0 heterocycles. The van der Waals surface area contributed by atoms with Gasteiger partial charge in [0, 0.05) is 5.25 Å². The molecule has 1 unspecified atom stereocenters. The molecule has 11 heavy (non-hydrogen) atoms. The van der Waals surface area contributed by atoms with Crippen molar-refractivity contribution in [1.29, 1.82) is 0 Å². The standard InChI is InChI=1S/C7H16NOPS/c8-4-3-5-1-2-6(9)7(5)11-10/h5-7,9H,1-4,8,10H2/t5-,6-,7-/m1/s1. The van der Waals surface area contributed by atoms with E-state index in [0.29, 0.717) is 11.2 Å². The van der Waals surface area contributed by atoms with Crippen LogP contribution in [-0.2, 0) is 0 Å². The molecule has 1 rings (SSSR count). The van der Waals surface area contributed by atoms with Gasteiger partial charge in [0.1, 0.15) is 0 Å². The molecule has 0 aromatic rings. The van der Waals surface area contributed by atoms with Gasteiger partial charge in [0.25, 0.3) is 0 Å². The minimum absolute atomic E-state index is 0.103. The topological polar surface area (TPSA) is 46.2 Å². The number of aliphatic hydroxyl groups is 1. The van der Waals surface area contributed by atoms with Gasteiger partial charge in [-0.05, 0) is 31.7 Å². The number of hydrogen-bond acceptors (Lipinski definition) is 3. The van der Waals surface area contributed by atoms with Crippen molar-refractivity contribution in [3.8, 4) is 0 Å². The first-order valence-electron chi connectivity index (χ1n) is 4.03. The van der Waals surface area contributed by atoms with E-state index in [0.717, 1.165) is 25.8 Å². The first-order chi connectivity index (χ1) is 5.29. The lowest BCUT2D eigenvalue weighted by molar-refractivity contribution is 0.183. The van der Waals surface area contributed by atoms with E-state index in [-0.39, 0.29) is 6.10 Å². The molecule has 0 aliphatic heterocycles. The van der Waals surface area contributed by atoms with Gasteiger partial charge in [-0.25, -0.2) is 0 Å². The van der Waals surface area contributed by atoms with Crippen LogP contribution in [0.3, 0.4) is 0 Å². The SMILES string of the molecule is NCC[C@H]1CC[C@@H](O)[C@@H]1SP. The number of rotatable bonds is 3. The smallest absolute Gasteiger partial charge is 0.0664 e. The molecule has 3 N–H and O–H groups in total. The Hall–Kier alpha value is 0.700. The molecule has 1 saturated carbocycles. The summed E-state index contributed by atoms with van der Waals surface area (Å²) in [6.07, 6.45) is 3.05. The molecule has 0 aromatic carbocycles. The van der Waals surface area contributed by atoms with Crippen molar-refractivity contribution in [1.82, 2.24) is 0 Å². The monoisotopic (exact) mass is 193 g/mol. The fourth-order valence-corrected chi connectivity index (χ4v) is 3.77. The third-order valence-electron chi connectivity index (χ3n) is 2.37. The zero-order chi connectivity index (χ0) is 8.27. The molecule has 1 aliphatic carbocycles. The largest absolute Gasteiger partial charge is 0.392 e. The maximum Gasteiger partial charge on any atom is 0.0664 e. The highest BCUT2D eigenvalue weighted by molar-refractivity contribution is 8.44. The summed E-state index contributed by atoms with van der Waals surface area (Å²) >= 11 is 1.70.